The fourth-order valence-corrected chi connectivity index (χ4v) is 4.37. The summed E-state index contributed by atoms with van der Waals surface area (Å²) >= 11 is 1.83. The fraction of sp³-hybridized carbons (Fsp3) is 0.385. The number of hydrogen-bond donors (Lipinski definition) is 0. The Bertz CT molecular complexity index is 743. The molecule has 2 heteroatoms. The quantitative estimate of drug-likeness (QED) is 0.266. The number of hydrogen-bond acceptors (Lipinski definition) is 2. The van der Waals surface area contributed by atoms with E-state index in [1.165, 1.54) is 32.7 Å². The molecule has 0 N–H and O–H groups in total. The molecular weight excluding hydrogens is 358 g/mol. The zero-order valence-electron chi connectivity index (χ0n) is 17.8. The van der Waals surface area contributed by atoms with E-state index in [4.69, 9.17) is 0 Å². The van der Waals surface area contributed by atoms with Crippen molar-refractivity contribution in [2.24, 2.45) is 0 Å². The van der Waals surface area contributed by atoms with Gasteiger partial charge in [0.25, 0.3) is 0 Å². The van der Waals surface area contributed by atoms with Crippen molar-refractivity contribution in [1.29, 1.82) is 0 Å². The van der Waals surface area contributed by atoms with Gasteiger partial charge in [0, 0.05) is 18.0 Å². The molecule has 2 rings (SSSR count). The molecule has 2 aromatic carbocycles. The van der Waals surface area contributed by atoms with Crippen molar-refractivity contribution in [2.45, 2.75) is 57.8 Å². The molecule has 0 amide bonds. The SMILES string of the molecule is C=C(CCC)CC(=C)CN(CCC)Sc1ccc(-c2ccc(CC)cc2)cc1. The molecule has 0 heterocycles. The van der Waals surface area contributed by atoms with Crippen LogP contribution in [0.25, 0.3) is 11.1 Å². The monoisotopic (exact) mass is 393 g/mol. The highest BCUT2D eigenvalue weighted by Crippen LogP contribution is 2.28. The van der Waals surface area contributed by atoms with Gasteiger partial charge in [0.15, 0.2) is 0 Å². The van der Waals surface area contributed by atoms with Crippen LogP contribution in [0.5, 0.6) is 0 Å². The van der Waals surface area contributed by atoms with Crippen LogP contribution in [0.1, 0.15) is 52.0 Å². The van der Waals surface area contributed by atoms with Crippen molar-refractivity contribution in [1.82, 2.24) is 4.31 Å². The summed E-state index contributed by atoms with van der Waals surface area (Å²) < 4.78 is 2.42. The van der Waals surface area contributed by atoms with Crippen LogP contribution < -0.4 is 0 Å². The van der Waals surface area contributed by atoms with E-state index < -0.39 is 0 Å². The van der Waals surface area contributed by atoms with E-state index in [0.717, 1.165) is 45.2 Å². The number of nitrogens with zero attached hydrogens (tertiary/aromatic N) is 1. The minimum absolute atomic E-state index is 0.918. The third kappa shape index (κ3) is 7.33. The molecule has 0 saturated heterocycles. The lowest BCUT2D eigenvalue weighted by Crippen LogP contribution is -2.19. The highest BCUT2D eigenvalue weighted by atomic mass is 32.2. The van der Waals surface area contributed by atoms with Crippen LogP contribution in [0, 0.1) is 0 Å². The molecule has 0 saturated carbocycles. The van der Waals surface area contributed by atoms with E-state index in [1.807, 2.05) is 11.9 Å². The Balaban J connectivity index is 1.98. The number of aryl methyl sites for hydroxylation is 1. The first-order valence-electron chi connectivity index (χ1n) is 10.5. The Kier molecular flexibility index (Phi) is 9.60. The summed E-state index contributed by atoms with van der Waals surface area (Å²) in [5.74, 6) is 0. The lowest BCUT2D eigenvalue weighted by atomic mass is 10.0. The van der Waals surface area contributed by atoms with Crippen LogP contribution in [-0.2, 0) is 6.42 Å². The average molecular weight is 394 g/mol. The van der Waals surface area contributed by atoms with Gasteiger partial charge in [0.1, 0.15) is 0 Å². The molecule has 0 fully saturated rings. The molecule has 0 aliphatic carbocycles. The van der Waals surface area contributed by atoms with Crippen molar-refractivity contribution in [2.75, 3.05) is 13.1 Å². The van der Waals surface area contributed by atoms with Crippen molar-refractivity contribution in [3.63, 3.8) is 0 Å². The minimum atomic E-state index is 0.918. The molecule has 0 radical (unpaired) electrons. The molecule has 0 unspecified atom stereocenters. The highest BCUT2D eigenvalue weighted by Gasteiger charge is 2.09. The van der Waals surface area contributed by atoms with Crippen LogP contribution in [0.4, 0.5) is 0 Å². The Morgan fingerprint density at radius 2 is 1.43 bits per heavy atom. The molecule has 0 spiro atoms. The normalized spacial score (nSPS) is 11.0. The fourth-order valence-electron chi connectivity index (χ4n) is 3.30. The lowest BCUT2D eigenvalue weighted by molar-refractivity contribution is 0.500. The lowest BCUT2D eigenvalue weighted by Gasteiger charge is -2.22. The Hall–Kier alpha value is -1.77. The second-order valence-electron chi connectivity index (χ2n) is 7.46. The predicted octanol–water partition coefficient (Wildman–Crippen LogP) is 7.94. The molecule has 0 bridgehead atoms. The third-order valence-corrected chi connectivity index (χ3v) is 5.81. The smallest absolute Gasteiger partial charge is 0.0303 e. The first kappa shape index (κ1) is 22.5. The van der Waals surface area contributed by atoms with Crippen LogP contribution >= 0.6 is 11.9 Å². The molecule has 0 atom stereocenters. The van der Waals surface area contributed by atoms with Crippen LogP contribution in [0.2, 0.25) is 0 Å². The Labute approximate surface area is 176 Å². The van der Waals surface area contributed by atoms with E-state index in [9.17, 15) is 0 Å². The zero-order valence-corrected chi connectivity index (χ0v) is 18.7. The summed E-state index contributed by atoms with van der Waals surface area (Å²) in [5, 5.41) is 0. The maximum Gasteiger partial charge on any atom is 0.0303 e. The van der Waals surface area contributed by atoms with Gasteiger partial charge < -0.3 is 0 Å². The van der Waals surface area contributed by atoms with Gasteiger partial charge in [-0.1, -0.05) is 87.9 Å². The van der Waals surface area contributed by atoms with Gasteiger partial charge in [-0.05, 0) is 66.5 Å². The van der Waals surface area contributed by atoms with Gasteiger partial charge in [-0.15, -0.1) is 0 Å². The average Bonchev–Trinajstić information content (AvgIpc) is 2.69. The number of rotatable bonds is 12. The number of benzene rings is 2. The van der Waals surface area contributed by atoms with E-state index in [1.54, 1.807) is 0 Å². The predicted molar refractivity (Wildman–Crippen MR) is 127 cm³/mol. The van der Waals surface area contributed by atoms with Crippen LogP contribution in [0.3, 0.4) is 0 Å². The van der Waals surface area contributed by atoms with E-state index in [-0.39, 0.29) is 0 Å². The van der Waals surface area contributed by atoms with Gasteiger partial charge in [-0.2, -0.15) is 0 Å². The summed E-state index contributed by atoms with van der Waals surface area (Å²) in [5.41, 5.74) is 6.49. The molecule has 2 aromatic rings. The van der Waals surface area contributed by atoms with E-state index in [0.29, 0.717) is 0 Å². The molecule has 0 aromatic heterocycles. The molecule has 1 nitrogen and oxygen atoms in total. The van der Waals surface area contributed by atoms with Crippen molar-refractivity contribution >= 4 is 11.9 Å². The zero-order chi connectivity index (χ0) is 20.4. The van der Waals surface area contributed by atoms with Crippen LogP contribution in [0.15, 0.2) is 77.7 Å². The topological polar surface area (TPSA) is 3.24 Å². The second-order valence-corrected chi connectivity index (χ2v) is 8.63. The van der Waals surface area contributed by atoms with Crippen molar-refractivity contribution in [3.8, 4) is 11.1 Å². The van der Waals surface area contributed by atoms with Crippen molar-refractivity contribution < 1.29 is 0 Å². The summed E-state index contributed by atoms with van der Waals surface area (Å²) in [6.45, 7) is 17.1. The van der Waals surface area contributed by atoms with Crippen molar-refractivity contribution in [3.05, 3.63) is 78.4 Å². The Morgan fingerprint density at radius 3 is 1.96 bits per heavy atom. The highest BCUT2D eigenvalue weighted by molar-refractivity contribution is 7.97. The Morgan fingerprint density at radius 1 is 0.821 bits per heavy atom. The number of allylic oxidation sites excluding steroid dienone is 1. The molecular formula is C26H35NS. The maximum atomic E-state index is 4.29. The molecule has 0 aliphatic rings. The molecule has 28 heavy (non-hydrogen) atoms. The van der Waals surface area contributed by atoms with E-state index >= 15 is 0 Å². The summed E-state index contributed by atoms with van der Waals surface area (Å²) in [7, 11) is 0. The van der Waals surface area contributed by atoms with Gasteiger partial charge in [0.05, 0.1) is 0 Å². The summed E-state index contributed by atoms with van der Waals surface area (Å²) in [6, 6.07) is 17.8. The molecule has 0 aliphatic heterocycles. The largest absolute Gasteiger partial charge is 0.242 e. The van der Waals surface area contributed by atoms with Gasteiger partial charge >= 0.3 is 0 Å². The van der Waals surface area contributed by atoms with Gasteiger partial charge in [-0.25, -0.2) is 4.31 Å². The second kappa shape index (κ2) is 11.9. The van der Waals surface area contributed by atoms with Gasteiger partial charge in [0.2, 0.25) is 0 Å². The minimum Gasteiger partial charge on any atom is -0.242 e. The summed E-state index contributed by atoms with van der Waals surface area (Å²) in [4.78, 5) is 1.28. The van der Waals surface area contributed by atoms with Gasteiger partial charge in [-0.3, -0.25) is 0 Å². The standard InChI is InChI=1S/C26H35NS/c1-6-9-21(4)19-22(5)20-27(18-7-2)28-26-16-14-25(15-17-26)24-12-10-23(8-3)11-13-24/h10-17H,4-9,18-20H2,1-3H3. The molecule has 150 valence electrons. The van der Waals surface area contributed by atoms with Crippen LogP contribution in [-0.4, -0.2) is 17.4 Å². The third-order valence-electron chi connectivity index (χ3n) is 4.76. The maximum absolute atomic E-state index is 4.29. The summed E-state index contributed by atoms with van der Waals surface area (Å²) in [6.07, 6.45) is 5.42. The first-order chi connectivity index (χ1) is 13.5. The van der Waals surface area contributed by atoms with E-state index in [2.05, 4.69) is 86.8 Å². The first-order valence-corrected chi connectivity index (χ1v) is 11.3.